The second kappa shape index (κ2) is 5.09. The van der Waals surface area contributed by atoms with Crippen LogP contribution in [0, 0.1) is 5.92 Å². The molecular weight excluding hydrogens is 214 g/mol. The number of carbonyl (C=O) groups excluding carboxylic acids is 1. The predicted octanol–water partition coefficient (Wildman–Crippen LogP) is -1.65. The topological polar surface area (TPSA) is 124 Å². The number of nitrogens with two attached hydrogens (primary N) is 1. The smallest absolute Gasteiger partial charge is 0.220 e. The van der Waals surface area contributed by atoms with Gasteiger partial charge in [-0.15, -0.1) is 0 Å². The second-order valence-corrected chi connectivity index (χ2v) is 4.60. The Kier molecular flexibility index (Phi) is 4.87. The molecular formula is C10H21NO5. The van der Waals surface area contributed by atoms with E-state index in [0.29, 0.717) is 0 Å². The van der Waals surface area contributed by atoms with Crippen LogP contribution in [-0.4, -0.2) is 50.2 Å². The normalized spacial score (nSPS) is 22.9. The molecule has 0 aliphatic rings. The monoisotopic (exact) mass is 235 g/mol. The zero-order chi connectivity index (χ0) is 13.1. The molecule has 6 heteroatoms. The molecule has 0 saturated carbocycles. The van der Waals surface area contributed by atoms with Gasteiger partial charge in [0.2, 0.25) is 5.91 Å². The molecule has 0 bridgehead atoms. The first-order valence-corrected chi connectivity index (χ1v) is 5.08. The first-order valence-electron chi connectivity index (χ1n) is 5.08. The van der Waals surface area contributed by atoms with Crippen LogP contribution < -0.4 is 5.73 Å². The fraction of sp³-hybridized carbons (Fsp3) is 0.900. The maximum Gasteiger partial charge on any atom is 0.220 e. The number of hydrogen-bond donors (Lipinski definition) is 5. The summed E-state index contributed by atoms with van der Waals surface area (Å²) in [5.41, 5.74) is 1.45. The van der Waals surface area contributed by atoms with Gasteiger partial charge >= 0.3 is 0 Å². The minimum absolute atomic E-state index is 0.428. The third kappa shape index (κ3) is 3.15. The summed E-state index contributed by atoms with van der Waals surface area (Å²) in [6.45, 7) is 3.48. The van der Waals surface area contributed by atoms with Crippen molar-refractivity contribution in [3.05, 3.63) is 0 Å². The molecule has 0 fully saturated rings. The molecule has 0 heterocycles. The van der Waals surface area contributed by atoms with Crippen LogP contribution in [0.25, 0.3) is 0 Å². The summed E-state index contributed by atoms with van der Waals surface area (Å²) in [5.74, 6) is -1.57. The third-order valence-corrected chi connectivity index (χ3v) is 3.26. The van der Waals surface area contributed by atoms with Crippen LogP contribution in [0.5, 0.6) is 0 Å². The molecule has 1 amide bonds. The molecule has 6 nitrogen and oxygen atoms in total. The lowest BCUT2D eigenvalue weighted by atomic mass is 9.73. The van der Waals surface area contributed by atoms with Crippen LogP contribution in [-0.2, 0) is 4.79 Å². The molecule has 16 heavy (non-hydrogen) atoms. The van der Waals surface area contributed by atoms with E-state index in [4.69, 9.17) is 10.8 Å². The van der Waals surface area contributed by atoms with Gasteiger partial charge in [0.1, 0.15) is 0 Å². The van der Waals surface area contributed by atoms with Gasteiger partial charge in [0, 0.05) is 5.92 Å². The molecule has 0 aromatic carbocycles. The molecule has 0 saturated heterocycles. The van der Waals surface area contributed by atoms with Gasteiger partial charge in [-0.1, -0.05) is 6.92 Å². The van der Waals surface area contributed by atoms with E-state index in [1.54, 1.807) is 0 Å². The van der Waals surface area contributed by atoms with E-state index in [2.05, 4.69) is 0 Å². The zero-order valence-electron chi connectivity index (χ0n) is 9.84. The minimum atomic E-state index is -1.77. The van der Waals surface area contributed by atoms with Crippen molar-refractivity contribution in [1.29, 1.82) is 0 Å². The number of carbonyl (C=O) groups is 1. The van der Waals surface area contributed by atoms with Crippen molar-refractivity contribution in [1.82, 2.24) is 0 Å². The van der Waals surface area contributed by atoms with E-state index in [1.807, 2.05) is 0 Å². The first kappa shape index (κ1) is 15.3. The van der Waals surface area contributed by atoms with Crippen molar-refractivity contribution in [2.24, 2.45) is 11.7 Å². The Morgan fingerprint density at radius 2 is 1.81 bits per heavy atom. The van der Waals surface area contributed by atoms with E-state index in [-0.39, 0.29) is 0 Å². The highest BCUT2D eigenvalue weighted by molar-refractivity contribution is 5.75. The number of hydrogen-bond acceptors (Lipinski definition) is 5. The second-order valence-electron chi connectivity index (χ2n) is 4.60. The predicted molar refractivity (Wildman–Crippen MR) is 57.3 cm³/mol. The Hall–Kier alpha value is -0.690. The lowest BCUT2D eigenvalue weighted by Gasteiger charge is -2.43. The van der Waals surface area contributed by atoms with E-state index >= 15 is 0 Å². The third-order valence-electron chi connectivity index (χ3n) is 3.26. The van der Waals surface area contributed by atoms with Crippen molar-refractivity contribution in [2.45, 2.75) is 44.5 Å². The zero-order valence-corrected chi connectivity index (χ0v) is 9.84. The maximum atomic E-state index is 10.8. The molecule has 4 atom stereocenters. The Balaban J connectivity index is 4.94. The number of amides is 1. The van der Waals surface area contributed by atoms with Gasteiger partial charge in [-0.2, -0.15) is 0 Å². The molecule has 0 aromatic heterocycles. The summed E-state index contributed by atoms with van der Waals surface area (Å²) in [6, 6.07) is 0. The molecule has 0 radical (unpaired) electrons. The van der Waals surface area contributed by atoms with Gasteiger partial charge in [-0.25, -0.2) is 0 Å². The van der Waals surface area contributed by atoms with Crippen LogP contribution in [0.2, 0.25) is 0 Å². The quantitative estimate of drug-likeness (QED) is 0.377. The van der Waals surface area contributed by atoms with E-state index < -0.39 is 42.2 Å². The number of primary amides is 1. The largest absolute Gasteiger partial charge is 0.394 e. The fourth-order valence-corrected chi connectivity index (χ4v) is 1.54. The van der Waals surface area contributed by atoms with Gasteiger partial charge in [0.05, 0.1) is 30.3 Å². The van der Waals surface area contributed by atoms with Crippen molar-refractivity contribution < 1.29 is 25.2 Å². The summed E-state index contributed by atoms with van der Waals surface area (Å²) in [4.78, 5) is 10.8. The highest BCUT2D eigenvalue weighted by Gasteiger charge is 2.48. The van der Waals surface area contributed by atoms with Gasteiger partial charge in [-0.05, 0) is 13.8 Å². The van der Waals surface area contributed by atoms with E-state index in [0.717, 1.165) is 0 Å². The molecule has 96 valence electrons. The average Bonchev–Trinajstić information content (AvgIpc) is 2.13. The number of rotatable bonds is 6. The molecule has 4 unspecified atom stereocenters. The SMILES string of the molecule is CC(C(O)CO)C(C)(O)C(C)(O)CC(N)=O. The standard InChI is InChI=1S/C10H21NO5/c1-6(7(13)5-12)10(3,16)9(2,15)4-8(11)14/h6-7,12-13,15-16H,4-5H2,1-3H3,(H2,11,14). The van der Waals surface area contributed by atoms with Gasteiger partial charge in [0.15, 0.2) is 0 Å². The fourth-order valence-electron chi connectivity index (χ4n) is 1.54. The number of aliphatic hydroxyl groups excluding tert-OH is 2. The highest BCUT2D eigenvalue weighted by Crippen LogP contribution is 2.33. The summed E-state index contributed by atoms with van der Waals surface area (Å²) in [5, 5.41) is 38.3. The van der Waals surface area contributed by atoms with Gasteiger partial charge < -0.3 is 26.2 Å². The van der Waals surface area contributed by atoms with Gasteiger partial charge in [-0.3, -0.25) is 4.79 Å². The highest BCUT2D eigenvalue weighted by atomic mass is 16.4. The number of aliphatic hydroxyl groups is 4. The van der Waals surface area contributed by atoms with E-state index in [1.165, 1.54) is 20.8 Å². The van der Waals surface area contributed by atoms with Crippen molar-refractivity contribution >= 4 is 5.91 Å². The molecule has 0 aromatic rings. The molecule has 6 N–H and O–H groups in total. The summed E-state index contributed by atoms with van der Waals surface area (Å²) >= 11 is 0. The summed E-state index contributed by atoms with van der Waals surface area (Å²) in [7, 11) is 0. The Morgan fingerprint density at radius 3 is 2.12 bits per heavy atom. The van der Waals surface area contributed by atoms with Crippen molar-refractivity contribution in [3.8, 4) is 0 Å². The maximum absolute atomic E-state index is 10.8. The summed E-state index contributed by atoms with van der Waals surface area (Å²) < 4.78 is 0. The molecule has 0 aliphatic heterocycles. The Labute approximate surface area is 94.7 Å². The average molecular weight is 235 g/mol. The minimum Gasteiger partial charge on any atom is -0.394 e. The van der Waals surface area contributed by atoms with Crippen LogP contribution in [0.1, 0.15) is 27.2 Å². The lowest BCUT2D eigenvalue weighted by molar-refractivity contribution is -0.185. The van der Waals surface area contributed by atoms with Crippen LogP contribution in [0.15, 0.2) is 0 Å². The molecule has 0 spiro atoms. The first-order chi connectivity index (χ1) is 7.06. The molecule has 0 rings (SSSR count). The van der Waals surface area contributed by atoms with Crippen molar-refractivity contribution in [2.75, 3.05) is 6.61 Å². The van der Waals surface area contributed by atoms with Crippen molar-refractivity contribution in [3.63, 3.8) is 0 Å². The van der Waals surface area contributed by atoms with E-state index in [9.17, 15) is 20.1 Å². The summed E-state index contributed by atoms with van der Waals surface area (Å²) in [6.07, 6.45) is -1.61. The van der Waals surface area contributed by atoms with Gasteiger partial charge in [0.25, 0.3) is 0 Å². The van der Waals surface area contributed by atoms with Crippen LogP contribution >= 0.6 is 0 Å². The molecule has 0 aliphatic carbocycles. The Bertz CT molecular complexity index is 252. The lowest BCUT2D eigenvalue weighted by Crippen LogP contribution is -2.58. The Morgan fingerprint density at radius 1 is 1.38 bits per heavy atom. The van der Waals surface area contributed by atoms with Crippen LogP contribution in [0.4, 0.5) is 0 Å². The van der Waals surface area contributed by atoms with Crippen LogP contribution in [0.3, 0.4) is 0 Å².